The van der Waals surface area contributed by atoms with E-state index in [1.165, 1.54) is 0 Å². The van der Waals surface area contributed by atoms with Gasteiger partial charge in [-0.3, -0.25) is 4.99 Å². The monoisotopic (exact) mass is 389 g/mol. The Morgan fingerprint density at radius 2 is 1.79 bits per heavy atom. The molecular weight excluding hydrogens is 358 g/mol. The zero-order valence-corrected chi connectivity index (χ0v) is 18.3. The highest BCUT2D eigenvalue weighted by molar-refractivity contribution is 6.25. The van der Waals surface area contributed by atoms with E-state index in [1.807, 2.05) is 32.9 Å². The molecule has 0 amide bonds. The number of fused-ring (bicyclic) bond motifs is 3. The van der Waals surface area contributed by atoms with E-state index in [9.17, 15) is 0 Å². The molecule has 0 aliphatic carbocycles. The molecule has 5 nitrogen and oxygen atoms in total. The van der Waals surface area contributed by atoms with Crippen LogP contribution in [0.1, 0.15) is 43.0 Å². The van der Waals surface area contributed by atoms with Crippen molar-refractivity contribution in [1.82, 2.24) is 4.57 Å². The Labute approximate surface area is 172 Å². The molecule has 0 spiro atoms. The van der Waals surface area contributed by atoms with E-state index in [-0.39, 0.29) is 0 Å². The molecule has 5 heteroatoms. The molecule has 5 N–H and O–H groups in total. The maximum atomic E-state index is 6.72. The van der Waals surface area contributed by atoms with Gasteiger partial charge in [0.2, 0.25) is 0 Å². The highest BCUT2D eigenvalue weighted by Crippen LogP contribution is 2.49. The van der Waals surface area contributed by atoms with Gasteiger partial charge in [-0.1, -0.05) is 18.7 Å². The Morgan fingerprint density at radius 3 is 2.31 bits per heavy atom. The summed E-state index contributed by atoms with van der Waals surface area (Å²) in [6.07, 6.45) is 3.93. The summed E-state index contributed by atoms with van der Waals surface area (Å²) in [5.41, 5.74) is 23.5. The molecule has 29 heavy (non-hydrogen) atoms. The molecule has 0 unspecified atom stereocenters. The molecule has 0 fully saturated rings. The van der Waals surface area contributed by atoms with Crippen LogP contribution in [-0.2, 0) is 7.05 Å². The number of anilines is 3. The number of nitrogen functional groups attached to an aromatic ring is 2. The van der Waals surface area contributed by atoms with E-state index in [0.29, 0.717) is 11.4 Å². The van der Waals surface area contributed by atoms with Crippen molar-refractivity contribution in [1.29, 1.82) is 0 Å². The lowest BCUT2D eigenvalue weighted by atomic mass is 9.93. The van der Waals surface area contributed by atoms with Gasteiger partial charge in [0.1, 0.15) is 0 Å². The number of hydrogen-bond donors (Lipinski definition) is 3. The van der Waals surface area contributed by atoms with Crippen LogP contribution in [-0.4, -0.2) is 17.8 Å². The summed E-state index contributed by atoms with van der Waals surface area (Å²) in [5, 5.41) is 5.43. The van der Waals surface area contributed by atoms with Crippen LogP contribution >= 0.6 is 0 Å². The van der Waals surface area contributed by atoms with Gasteiger partial charge < -0.3 is 21.4 Å². The predicted molar refractivity (Wildman–Crippen MR) is 132 cm³/mol. The van der Waals surface area contributed by atoms with Crippen LogP contribution in [0.4, 0.5) is 22.7 Å². The van der Waals surface area contributed by atoms with Crippen molar-refractivity contribution < 1.29 is 0 Å². The summed E-state index contributed by atoms with van der Waals surface area (Å²) in [6.45, 7) is 19.1. The lowest BCUT2D eigenvalue weighted by molar-refractivity contribution is 1.00. The fraction of sp³-hybridized carbons (Fsp3) is 0.292. The summed E-state index contributed by atoms with van der Waals surface area (Å²) in [6, 6.07) is 0. The molecular formula is C24H31N5. The Balaban J connectivity index is 2.80. The van der Waals surface area contributed by atoms with E-state index in [2.05, 4.69) is 49.1 Å². The second-order valence-electron chi connectivity index (χ2n) is 7.56. The SMILES string of the molecule is C=Nc1c(NCC)c(C)c(C(=C)C)c2c1c1c(N)c(/C=C/C)c(N)c(C)c1n2C. The number of hydrogen-bond acceptors (Lipinski definition) is 4. The first-order valence-electron chi connectivity index (χ1n) is 9.88. The summed E-state index contributed by atoms with van der Waals surface area (Å²) < 4.78 is 2.17. The third-order valence-corrected chi connectivity index (χ3v) is 5.74. The van der Waals surface area contributed by atoms with E-state index >= 15 is 0 Å². The number of nitrogens with two attached hydrogens (primary N) is 2. The lowest BCUT2D eigenvalue weighted by Gasteiger charge is -2.18. The van der Waals surface area contributed by atoms with Crippen LogP contribution in [0.2, 0.25) is 0 Å². The molecule has 1 heterocycles. The van der Waals surface area contributed by atoms with Crippen LogP contribution in [0.25, 0.3) is 33.5 Å². The molecule has 0 saturated carbocycles. The Bertz CT molecular complexity index is 1210. The van der Waals surface area contributed by atoms with Crippen LogP contribution < -0.4 is 16.8 Å². The number of allylic oxidation sites excluding steroid dienone is 2. The largest absolute Gasteiger partial charge is 0.398 e. The highest BCUT2D eigenvalue weighted by atomic mass is 15.0. The van der Waals surface area contributed by atoms with E-state index in [4.69, 9.17) is 11.5 Å². The van der Waals surface area contributed by atoms with E-state index < -0.39 is 0 Å². The van der Waals surface area contributed by atoms with Crippen molar-refractivity contribution >= 4 is 62.9 Å². The Hall–Kier alpha value is -3.21. The summed E-state index contributed by atoms with van der Waals surface area (Å²) in [5.74, 6) is 0. The first-order chi connectivity index (χ1) is 13.7. The van der Waals surface area contributed by atoms with Crippen molar-refractivity contribution in [3.63, 3.8) is 0 Å². The maximum Gasteiger partial charge on any atom is 0.0957 e. The fourth-order valence-corrected chi connectivity index (χ4v) is 4.54. The smallest absolute Gasteiger partial charge is 0.0957 e. The Morgan fingerprint density at radius 1 is 1.14 bits per heavy atom. The van der Waals surface area contributed by atoms with Gasteiger partial charge in [0.05, 0.1) is 28.1 Å². The molecule has 0 bridgehead atoms. The second-order valence-corrected chi connectivity index (χ2v) is 7.56. The number of aryl methyl sites for hydroxylation is 2. The molecule has 3 aromatic rings. The van der Waals surface area contributed by atoms with Gasteiger partial charge >= 0.3 is 0 Å². The molecule has 0 aliphatic rings. The summed E-state index contributed by atoms with van der Waals surface area (Å²) in [4.78, 5) is 4.45. The third-order valence-electron chi connectivity index (χ3n) is 5.74. The maximum absolute atomic E-state index is 6.72. The quantitative estimate of drug-likeness (QED) is 0.373. The van der Waals surface area contributed by atoms with Gasteiger partial charge in [0, 0.05) is 41.2 Å². The molecule has 2 aromatic carbocycles. The summed E-state index contributed by atoms with van der Waals surface area (Å²) >= 11 is 0. The average Bonchev–Trinajstić information content (AvgIpc) is 2.97. The first kappa shape index (κ1) is 20.5. The summed E-state index contributed by atoms with van der Waals surface area (Å²) in [7, 11) is 2.05. The van der Waals surface area contributed by atoms with Crippen LogP contribution in [0.3, 0.4) is 0 Å². The number of nitrogens with one attached hydrogen (secondary N) is 1. The molecule has 3 rings (SSSR count). The standard InChI is InChI=1S/C24H31N5/c1-9-11-15-19(25)14(6)23-17(20(15)26)18-22(27-7)21(28-10-2)13(5)16(12(3)4)24(18)29(23)8/h9,11,28H,3,7,10,25-26H2,1-2,4-6,8H3/b11-9+. The van der Waals surface area contributed by atoms with Crippen LogP contribution in [0.5, 0.6) is 0 Å². The van der Waals surface area contributed by atoms with Gasteiger partial charge in [-0.2, -0.15) is 0 Å². The minimum Gasteiger partial charge on any atom is -0.398 e. The fourth-order valence-electron chi connectivity index (χ4n) is 4.54. The predicted octanol–water partition coefficient (Wildman–Crippen LogP) is 5.94. The molecule has 0 radical (unpaired) electrons. The van der Waals surface area contributed by atoms with Crippen molar-refractivity contribution in [3.8, 4) is 0 Å². The lowest BCUT2D eigenvalue weighted by Crippen LogP contribution is -2.03. The minimum atomic E-state index is 0.663. The van der Waals surface area contributed by atoms with Crippen molar-refractivity contribution in [2.24, 2.45) is 12.0 Å². The number of nitrogens with zero attached hydrogens (tertiary/aromatic N) is 2. The molecule has 0 atom stereocenters. The van der Waals surface area contributed by atoms with E-state index in [0.717, 1.165) is 67.6 Å². The number of aliphatic imine (C=N–C) groups is 1. The van der Waals surface area contributed by atoms with Crippen molar-refractivity contribution in [2.75, 3.05) is 23.3 Å². The topological polar surface area (TPSA) is 81.4 Å². The molecule has 1 aromatic heterocycles. The molecule has 0 aliphatic heterocycles. The number of benzene rings is 2. The second kappa shape index (κ2) is 7.32. The van der Waals surface area contributed by atoms with Gasteiger partial charge in [-0.25, -0.2) is 0 Å². The first-order valence-corrected chi connectivity index (χ1v) is 9.88. The van der Waals surface area contributed by atoms with Crippen molar-refractivity contribution in [2.45, 2.75) is 34.6 Å². The van der Waals surface area contributed by atoms with Crippen molar-refractivity contribution in [3.05, 3.63) is 34.9 Å². The minimum absolute atomic E-state index is 0.663. The van der Waals surface area contributed by atoms with Gasteiger partial charge in [0.25, 0.3) is 0 Å². The Kier molecular flexibility index (Phi) is 5.18. The normalized spacial score (nSPS) is 11.7. The number of rotatable bonds is 5. The third kappa shape index (κ3) is 2.72. The average molecular weight is 390 g/mol. The molecule has 0 saturated heterocycles. The van der Waals surface area contributed by atoms with Gasteiger partial charge in [0.15, 0.2) is 0 Å². The zero-order valence-electron chi connectivity index (χ0n) is 18.3. The van der Waals surface area contributed by atoms with Crippen LogP contribution in [0, 0.1) is 13.8 Å². The zero-order chi connectivity index (χ0) is 21.6. The van der Waals surface area contributed by atoms with Gasteiger partial charge in [-0.05, 0) is 58.0 Å². The highest BCUT2D eigenvalue weighted by Gasteiger charge is 2.26. The molecule has 152 valence electrons. The van der Waals surface area contributed by atoms with E-state index in [1.54, 1.807) is 0 Å². The van der Waals surface area contributed by atoms with Gasteiger partial charge in [-0.15, -0.1) is 0 Å². The number of aromatic nitrogens is 1. The van der Waals surface area contributed by atoms with Crippen LogP contribution in [0.15, 0.2) is 17.6 Å².